The van der Waals surface area contributed by atoms with Crippen molar-refractivity contribution in [2.75, 3.05) is 0 Å². The Morgan fingerprint density at radius 2 is 2.10 bits per heavy atom. The van der Waals surface area contributed by atoms with E-state index in [9.17, 15) is 9.59 Å². The molecule has 1 heterocycles. The maximum Gasteiger partial charge on any atom is 0.315 e. The van der Waals surface area contributed by atoms with Gasteiger partial charge in [-0.1, -0.05) is 12.2 Å². The van der Waals surface area contributed by atoms with Crippen molar-refractivity contribution < 1.29 is 19.1 Å². The van der Waals surface area contributed by atoms with Crippen LogP contribution >= 0.6 is 0 Å². The molecule has 0 aromatic carbocycles. The molecule has 0 aliphatic heterocycles. The second-order valence-corrected chi connectivity index (χ2v) is 5.38. The van der Waals surface area contributed by atoms with E-state index in [4.69, 9.17) is 9.52 Å². The summed E-state index contributed by atoms with van der Waals surface area (Å²) in [6.45, 7) is 5.59. The largest absolute Gasteiger partial charge is 0.481 e. The Hall–Kier alpha value is -2.24. The van der Waals surface area contributed by atoms with Gasteiger partial charge in [0.15, 0.2) is 0 Å². The quantitative estimate of drug-likeness (QED) is 0.742. The molecule has 2 amide bonds. The minimum atomic E-state index is -0.867. The molecule has 6 heteroatoms. The van der Waals surface area contributed by atoms with Crippen LogP contribution in [0.5, 0.6) is 0 Å². The minimum Gasteiger partial charge on any atom is -0.481 e. The molecule has 0 spiro atoms. The van der Waals surface area contributed by atoms with Gasteiger partial charge in [0.05, 0.1) is 18.0 Å². The molecule has 0 saturated heterocycles. The smallest absolute Gasteiger partial charge is 0.315 e. The lowest BCUT2D eigenvalue weighted by Crippen LogP contribution is -2.42. The van der Waals surface area contributed by atoms with E-state index in [2.05, 4.69) is 10.6 Å². The highest BCUT2D eigenvalue weighted by molar-refractivity contribution is 5.76. The summed E-state index contributed by atoms with van der Waals surface area (Å²) in [6.07, 6.45) is 3.72. The number of amides is 2. The summed E-state index contributed by atoms with van der Waals surface area (Å²) in [5, 5.41) is 14.5. The number of carbonyl (C=O) groups is 2. The van der Waals surface area contributed by atoms with Crippen LogP contribution in [-0.2, 0) is 4.79 Å². The molecule has 3 N–H and O–H groups in total. The fourth-order valence-corrected chi connectivity index (χ4v) is 2.55. The van der Waals surface area contributed by atoms with Crippen LogP contribution in [0.25, 0.3) is 0 Å². The minimum absolute atomic E-state index is 0.178. The van der Waals surface area contributed by atoms with E-state index < -0.39 is 11.9 Å². The first-order chi connectivity index (χ1) is 9.86. The van der Waals surface area contributed by atoms with Gasteiger partial charge in [0, 0.05) is 5.56 Å². The van der Waals surface area contributed by atoms with Crippen LogP contribution in [0.4, 0.5) is 4.79 Å². The molecule has 1 aliphatic carbocycles. The van der Waals surface area contributed by atoms with Crippen LogP contribution in [0, 0.1) is 19.8 Å². The van der Waals surface area contributed by atoms with Crippen molar-refractivity contribution >= 4 is 12.0 Å². The highest BCUT2D eigenvalue weighted by Gasteiger charge is 2.25. The van der Waals surface area contributed by atoms with Gasteiger partial charge in [-0.3, -0.25) is 4.79 Å². The zero-order chi connectivity index (χ0) is 15.6. The van der Waals surface area contributed by atoms with E-state index >= 15 is 0 Å². The molecule has 3 unspecified atom stereocenters. The van der Waals surface area contributed by atoms with Gasteiger partial charge < -0.3 is 20.2 Å². The van der Waals surface area contributed by atoms with Gasteiger partial charge in [0.2, 0.25) is 0 Å². The Kier molecular flexibility index (Phi) is 4.35. The number of carboxylic acids is 1. The molecule has 0 fully saturated rings. The van der Waals surface area contributed by atoms with Crippen LogP contribution in [0.1, 0.15) is 36.5 Å². The molecule has 1 aromatic heterocycles. The fourth-order valence-electron chi connectivity index (χ4n) is 2.55. The van der Waals surface area contributed by atoms with Gasteiger partial charge in [0.1, 0.15) is 11.5 Å². The van der Waals surface area contributed by atoms with E-state index in [1.807, 2.05) is 26.8 Å². The molecule has 6 nitrogen and oxygen atoms in total. The molecule has 114 valence electrons. The normalized spacial score (nSPS) is 22.0. The Morgan fingerprint density at radius 1 is 1.38 bits per heavy atom. The molecule has 2 rings (SSSR count). The maximum absolute atomic E-state index is 11.9. The number of rotatable bonds is 4. The summed E-state index contributed by atoms with van der Waals surface area (Å²) < 4.78 is 5.44. The monoisotopic (exact) mass is 292 g/mol. The van der Waals surface area contributed by atoms with Crippen molar-refractivity contribution in [3.8, 4) is 0 Å². The van der Waals surface area contributed by atoms with Crippen molar-refractivity contribution in [1.29, 1.82) is 0 Å². The number of urea groups is 1. The van der Waals surface area contributed by atoms with Crippen LogP contribution in [-0.4, -0.2) is 23.1 Å². The maximum atomic E-state index is 11.9. The summed E-state index contributed by atoms with van der Waals surface area (Å²) in [7, 11) is 0. The van der Waals surface area contributed by atoms with Gasteiger partial charge in [-0.2, -0.15) is 0 Å². The number of nitrogens with one attached hydrogen (secondary N) is 2. The van der Waals surface area contributed by atoms with E-state index in [1.165, 1.54) is 0 Å². The third-order valence-corrected chi connectivity index (χ3v) is 3.61. The predicted molar refractivity (Wildman–Crippen MR) is 76.9 cm³/mol. The average Bonchev–Trinajstić information content (AvgIpc) is 2.95. The second-order valence-electron chi connectivity index (χ2n) is 5.38. The number of aryl methyl sites for hydroxylation is 2. The third-order valence-electron chi connectivity index (χ3n) is 3.61. The lowest BCUT2D eigenvalue weighted by Gasteiger charge is -2.17. The number of carboxylic acid groups (broad SMARTS) is 1. The van der Waals surface area contributed by atoms with Gasteiger partial charge in [-0.05, 0) is 33.3 Å². The Bertz CT molecular complexity index is 576. The molecule has 3 atom stereocenters. The molecule has 21 heavy (non-hydrogen) atoms. The first kappa shape index (κ1) is 15.2. The molecule has 1 aliphatic rings. The highest BCUT2D eigenvalue weighted by atomic mass is 16.4. The fraction of sp³-hybridized carbons (Fsp3) is 0.467. The van der Waals surface area contributed by atoms with Crippen molar-refractivity contribution in [3.05, 3.63) is 35.3 Å². The van der Waals surface area contributed by atoms with Crippen LogP contribution in [0.3, 0.4) is 0 Å². The van der Waals surface area contributed by atoms with Gasteiger partial charge in [-0.25, -0.2) is 4.79 Å². The Labute approximate surface area is 123 Å². The van der Waals surface area contributed by atoms with Crippen LogP contribution in [0.15, 0.2) is 22.6 Å². The van der Waals surface area contributed by atoms with Crippen molar-refractivity contribution in [2.24, 2.45) is 5.92 Å². The van der Waals surface area contributed by atoms with Crippen molar-refractivity contribution in [1.82, 2.24) is 10.6 Å². The van der Waals surface area contributed by atoms with E-state index in [-0.39, 0.29) is 18.1 Å². The van der Waals surface area contributed by atoms with E-state index in [0.29, 0.717) is 6.42 Å². The first-order valence-corrected chi connectivity index (χ1v) is 6.92. The second kappa shape index (κ2) is 6.03. The zero-order valence-electron chi connectivity index (χ0n) is 12.3. The lowest BCUT2D eigenvalue weighted by atomic mass is 10.1. The molecule has 0 saturated carbocycles. The summed E-state index contributed by atoms with van der Waals surface area (Å²) in [4.78, 5) is 22.8. The van der Waals surface area contributed by atoms with E-state index in [1.54, 1.807) is 12.2 Å². The molecule has 1 aromatic rings. The first-order valence-electron chi connectivity index (χ1n) is 6.92. The molecular weight excluding hydrogens is 272 g/mol. The summed E-state index contributed by atoms with van der Waals surface area (Å²) in [5.74, 6) is 0.201. The van der Waals surface area contributed by atoms with Crippen molar-refractivity contribution in [3.63, 3.8) is 0 Å². The van der Waals surface area contributed by atoms with Gasteiger partial charge in [-0.15, -0.1) is 0 Å². The van der Waals surface area contributed by atoms with Crippen LogP contribution in [0.2, 0.25) is 0 Å². The topological polar surface area (TPSA) is 91.6 Å². The zero-order valence-corrected chi connectivity index (χ0v) is 12.3. The standard InChI is InChI=1S/C15H20N2O4/c1-8-6-13(10(3)21-8)9(2)16-15(20)17-12-5-4-11(7-12)14(18)19/h4-6,9,11-12H,7H2,1-3H3,(H,18,19)(H2,16,17,20). The third kappa shape index (κ3) is 3.65. The number of aliphatic carboxylic acids is 1. The number of furan rings is 1. The average molecular weight is 292 g/mol. The predicted octanol–water partition coefficient (Wildman–Crippen LogP) is 2.29. The summed E-state index contributed by atoms with van der Waals surface area (Å²) in [6, 6.07) is 1.16. The van der Waals surface area contributed by atoms with Crippen molar-refractivity contribution in [2.45, 2.75) is 39.3 Å². The highest BCUT2D eigenvalue weighted by Crippen LogP contribution is 2.21. The number of hydrogen-bond donors (Lipinski definition) is 3. The Balaban J connectivity index is 1.87. The molecule has 0 bridgehead atoms. The summed E-state index contributed by atoms with van der Waals surface area (Å²) in [5.41, 5.74) is 0.938. The summed E-state index contributed by atoms with van der Waals surface area (Å²) >= 11 is 0. The Morgan fingerprint density at radius 3 is 2.62 bits per heavy atom. The van der Waals surface area contributed by atoms with Crippen LogP contribution < -0.4 is 10.6 Å². The van der Waals surface area contributed by atoms with Gasteiger partial charge in [0.25, 0.3) is 0 Å². The number of hydrogen-bond acceptors (Lipinski definition) is 3. The molecule has 0 radical (unpaired) electrons. The number of carbonyl (C=O) groups excluding carboxylic acids is 1. The molecular formula is C15H20N2O4. The van der Waals surface area contributed by atoms with E-state index in [0.717, 1.165) is 17.1 Å². The lowest BCUT2D eigenvalue weighted by molar-refractivity contribution is -0.140. The SMILES string of the molecule is Cc1cc(C(C)NC(=O)NC2C=CC(C(=O)O)C2)c(C)o1. The van der Waals surface area contributed by atoms with Gasteiger partial charge >= 0.3 is 12.0 Å².